The number of aromatic carboxylic acids is 1. The zero-order valence-electron chi connectivity index (χ0n) is 13.7. The van der Waals surface area contributed by atoms with E-state index in [4.69, 9.17) is 5.11 Å². The molecule has 1 fully saturated rings. The van der Waals surface area contributed by atoms with Crippen molar-refractivity contribution in [3.63, 3.8) is 0 Å². The van der Waals surface area contributed by atoms with Gasteiger partial charge in [0.2, 0.25) is 0 Å². The van der Waals surface area contributed by atoms with E-state index >= 15 is 0 Å². The van der Waals surface area contributed by atoms with E-state index in [1.54, 1.807) is 22.9 Å². The Morgan fingerprint density at radius 3 is 2.62 bits per heavy atom. The van der Waals surface area contributed by atoms with Crippen molar-refractivity contribution in [2.45, 2.75) is 32.2 Å². The van der Waals surface area contributed by atoms with Gasteiger partial charge in [-0.25, -0.2) is 4.79 Å². The number of hydrogen-bond donors (Lipinski definition) is 1. The lowest BCUT2D eigenvalue weighted by molar-refractivity contribution is 0.0692. The van der Waals surface area contributed by atoms with Gasteiger partial charge in [0, 0.05) is 31.7 Å². The van der Waals surface area contributed by atoms with E-state index < -0.39 is 5.97 Å². The number of carboxylic acids is 1. The molecule has 6 nitrogen and oxygen atoms in total. The van der Waals surface area contributed by atoms with Gasteiger partial charge in [0.25, 0.3) is 5.91 Å². The van der Waals surface area contributed by atoms with Crippen molar-refractivity contribution >= 4 is 11.9 Å². The minimum Gasteiger partial charge on any atom is -0.478 e. The minimum atomic E-state index is -0.923. The van der Waals surface area contributed by atoms with Crippen molar-refractivity contribution in [1.29, 1.82) is 0 Å². The first-order valence-corrected chi connectivity index (χ1v) is 8.24. The number of carbonyl (C=O) groups is 2. The summed E-state index contributed by atoms with van der Waals surface area (Å²) in [7, 11) is 0. The molecule has 2 heterocycles. The summed E-state index contributed by atoms with van der Waals surface area (Å²) in [4.78, 5) is 25.4. The van der Waals surface area contributed by atoms with Crippen LogP contribution in [0.25, 0.3) is 0 Å². The molecular formula is C18H21N3O3. The fraction of sp³-hybridized carbons (Fsp3) is 0.389. The number of carboxylic acid groups (broad SMARTS) is 1. The van der Waals surface area contributed by atoms with Crippen LogP contribution in [-0.2, 0) is 6.54 Å². The molecule has 1 N–H and O–H groups in total. The molecule has 24 heavy (non-hydrogen) atoms. The van der Waals surface area contributed by atoms with Gasteiger partial charge in [0.1, 0.15) is 5.69 Å². The van der Waals surface area contributed by atoms with Crippen molar-refractivity contribution in [2.75, 3.05) is 13.1 Å². The number of likely N-dealkylation sites (tertiary alicyclic amines) is 1. The Labute approximate surface area is 140 Å². The Bertz CT molecular complexity index is 736. The number of piperidine rings is 1. The van der Waals surface area contributed by atoms with Crippen molar-refractivity contribution in [3.05, 3.63) is 53.3 Å². The van der Waals surface area contributed by atoms with E-state index in [2.05, 4.69) is 5.10 Å². The molecule has 0 spiro atoms. The van der Waals surface area contributed by atoms with Crippen LogP contribution in [0.2, 0.25) is 0 Å². The Kier molecular flexibility index (Phi) is 4.64. The number of amides is 1. The maximum Gasteiger partial charge on any atom is 0.335 e. The Hall–Kier alpha value is -2.63. The van der Waals surface area contributed by atoms with E-state index in [1.807, 2.05) is 30.2 Å². The smallest absolute Gasteiger partial charge is 0.335 e. The number of rotatable bonds is 4. The maximum absolute atomic E-state index is 12.6. The van der Waals surface area contributed by atoms with Crippen LogP contribution in [0.15, 0.2) is 36.5 Å². The van der Waals surface area contributed by atoms with Crippen molar-refractivity contribution in [2.24, 2.45) is 0 Å². The van der Waals surface area contributed by atoms with Crippen LogP contribution in [-0.4, -0.2) is 44.8 Å². The highest BCUT2D eigenvalue weighted by molar-refractivity contribution is 5.92. The summed E-state index contributed by atoms with van der Waals surface area (Å²) in [5.41, 5.74) is 1.85. The van der Waals surface area contributed by atoms with E-state index in [-0.39, 0.29) is 17.4 Å². The molecule has 1 amide bonds. The number of hydrogen-bond acceptors (Lipinski definition) is 3. The highest BCUT2D eigenvalue weighted by Gasteiger charge is 2.26. The summed E-state index contributed by atoms with van der Waals surface area (Å²) in [5.74, 6) is -0.721. The van der Waals surface area contributed by atoms with Crippen molar-refractivity contribution in [1.82, 2.24) is 14.7 Å². The summed E-state index contributed by atoms with van der Waals surface area (Å²) < 4.78 is 1.75. The van der Waals surface area contributed by atoms with Gasteiger partial charge in [0.05, 0.1) is 5.56 Å². The highest BCUT2D eigenvalue weighted by atomic mass is 16.4. The fourth-order valence-corrected chi connectivity index (χ4v) is 3.15. The van der Waals surface area contributed by atoms with Crippen LogP contribution in [0, 0.1) is 0 Å². The molecule has 2 aromatic rings. The SMILES string of the molecule is CCn1ccc(C(=O)N2CCC[C@@H](c3ccc(C(=O)O)cc3)C2)n1. The molecule has 1 aromatic heterocycles. The highest BCUT2D eigenvalue weighted by Crippen LogP contribution is 2.27. The first-order chi connectivity index (χ1) is 11.6. The zero-order chi connectivity index (χ0) is 17.1. The first kappa shape index (κ1) is 16.2. The molecule has 6 heteroatoms. The van der Waals surface area contributed by atoms with Crippen molar-refractivity contribution < 1.29 is 14.7 Å². The minimum absolute atomic E-state index is 0.0333. The summed E-state index contributed by atoms with van der Waals surface area (Å²) >= 11 is 0. The fourth-order valence-electron chi connectivity index (χ4n) is 3.15. The molecule has 0 radical (unpaired) electrons. The summed E-state index contributed by atoms with van der Waals surface area (Å²) in [6.07, 6.45) is 3.75. The predicted octanol–water partition coefficient (Wildman–Crippen LogP) is 2.62. The number of benzene rings is 1. The van der Waals surface area contributed by atoms with Gasteiger partial charge in [-0.1, -0.05) is 12.1 Å². The van der Waals surface area contributed by atoms with Gasteiger partial charge in [-0.05, 0) is 43.5 Å². The topological polar surface area (TPSA) is 75.4 Å². The quantitative estimate of drug-likeness (QED) is 0.936. The average Bonchev–Trinajstić information content (AvgIpc) is 3.10. The Morgan fingerprint density at radius 1 is 1.25 bits per heavy atom. The van der Waals surface area contributed by atoms with E-state index in [1.165, 1.54) is 0 Å². The zero-order valence-corrected chi connectivity index (χ0v) is 13.7. The Morgan fingerprint density at radius 2 is 2.00 bits per heavy atom. The summed E-state index contributed by atoms with van der Waals surface area (Å²) in [5, 5.41) is 13.3. The van der Waals surface area contributed by atoms with Crippen LogP contribution in [0.3, 0.4) is 0 Å². The van der Waals surface area contributed by atoms with Crippen LogP contribution in [0.4, 0.5) is 0 Å². The number of carbonyl (C=O) groups excluding carboxylic acids is 1. The van der Waals surface area contributed by atoms with Gasteiger partial charge >= 0.3 is 5.97 Å². The second-order valence-electron chi connectivity index (χ2n) is 6.07. The first-order valence-electron chi connectivity index (χ1n) is 8.24. The van der Waals surface area contributed by atoms with Gasteiger partial charge < -0.3 is 10.0 Å². The molecule has 0 bridgehead atoms. The molecule has 0 unspecified atom stereocenters. The van der Waals surface area contributed by atoms with Crippen molar-refractivity contribution in [3.8, 4) is 0 Å². The molecule has 1 aliphatic rings. The van der Waals surface area contributed by atoms with E-state index in [9.17, 15) is 9.59 Å². The molecule has 1 saturated heterocycles. The molecule has 126 valence electrons. The largest absolute Gasteiger partial charge is 0.478 e. The monoisotopic (exact) mass is 327 g/mol. The second kappa shape index (κ2) is 6.86. The Balaban J connectivity index is 1.71. The standard InChI is InChI=1S/C18H21N3O3/c1-2-21-11-9-16(19-21)17(22)20-10-3-4-15(12-20)13-5-7-14(8-6-13)18(23)24/h5-9,11,15H,2-4,10,12H2,1H3,(H,23,24)/t15-/m1/s1. The summed E-state index contributed by atoms with van der Waals surface area (Å²) in [6.45, 7) is 4.11. The lowest BCUT2D eigenvalue weighted by Crippen LogP contribution is -2.39. The van der Waals surface area contributed by atoms with Gasteiger partial charge in [-0.15, -0.1) is 0 Å². The lowest BCUT2D eigenvalue weighted by atomic mass is 9.90. The third kappa shape index (κ3) is 3.32. The molecule has 0 aliphatic carbocycles. The second-order valence-corrected chi connectivity index (χ2v) is 6.07. The molecule has 1 aliphatic heterocycles. The molecule has 0 saturated carbocycles. The van der Waals surface area contributed by atoms with Gasteiger partial charge in [-0.3, -0.25) is 9.48 Å². The van der Waals surface area contributed by atoms with Gasteiger partial charge in [0.15, 0.2) is 0 Å². The molecule has 1 aromatic carbocycles. The summed E-state index contributed by atoms with van der Waals surface area (Å²) in [6, 6.07) is 8.72. The predicted molar refractivity (Wildman–Crippen MR) is 89.2 cm³/mol. The van der Waals surface area contributed by atoms with Crippen LogP contribution < -0.4 is 0 Å². The number of nitrogens with zero attached hydrogens (tertiary/aromatic N) is 3. The maximum atomic E-state index is 12.6. The van der Waals surface area contributed by atoms with E-state index in [0.717, 1.165) is 31.5 Å². The van der Waals surface area contributed by atoms with Crippen LogP contribution in [0.1, 0.15) is 52.1 Å². The average molecular weight is 327 g/mol. The molecule has 3 rings (SSSR count). The van der Waals surface area contributed by atoms with Gasteiger partial charge in [-0.2, -0.15) is 5.10 Å². The third-order valence-corrected chi connectivity index (χ3v) is 4.52. The van der Waals surface area contributed by atoms with Crippen LogP contribution in [0.5, 0.6) is 0 Å². The third-order valence-electron chi connectivity index (χ3n) is 4.52. The number of aryl methyl sites for hydroxylation is 1. The number of aromatic nitrogens is 2. The molecular weight excluding hydrogens is 306 g/mol. The lowest BCUT2D eigenvalue weighted by Gasteiger charge is -2.32. The molecule has 1 atom stereocenters. The normalized spacial score (nSPS) is 17.7. The van der Waals surface area contributed by atoms with Crippen LogP contribution >= 0.6 is 0 Å². The van der Waals surface area contributed by atoms with E-state index in [0.29, 0.717) is 12.2 Å².